The molecule has 1 heterocycles. The second kappa shape index (κ2) is 13.7. The lowest BCUT2D eigenvalue weighted by Crippen LogP contribution is -2.36. The minimum Gasteiger partial charge on any atom is -0.492 e. The Bertz CT molecular complexity index is 1470. The largest absolute Gasteiger partial charge is 0.492 e. The fourth-order valence-corrected chi connectivity index (χ4v) is 5.92. The van der Waals surface area contributed by atoms with E-state index >= 15 is 0 Å². The van der Waals surface area contributed by atoms with Gasteiger partial charge in [-0.05, 0) is 83.8 Å². The first-order valence-electron chi connectivity index (χ1n) is 15.7. The molecule has 3 aromatic carbocycles. The van der Waals surface area contributed by atoms with E-state index in [0.717, 1.165) is 17.7 Å². The standard InChI is InChI=1S/C36H41F3N2O5/c1-5-44-34(43)31(46-28-16-12-25(13-17-28)35(2,3)4)20-23-6-14-27(15-7-23)45-19-18-40-32-29-21-41(22-30(29)32)33(42)24-8-10-26(11-9-24)36(37,38)39/h6-17,29-32,40H,5,18-22H2,1-4H3/t29-,30+,31-,32+/m0/s1. The normalized spacial score (nSPS) is 19.7. The third-order valence-electron chi connectivity index (χ3n) is 8.58. The number of benzene rings is 3. The number of esters is 1. The molecule has 0 radical (unpaired) electrons. The van der Waals surface area contributed by atoms with Crippen LogP contribution in [0.4, 0.5) is 13.2 Å². The van der Waals surface area contributed by atoms with E-state index in [1.54, 1.807) is 11.8 Å². The summed E-state index contributed by atoms with van der Waals surface area (Å²) in [4.78, 5) is 27.1. The molecule has 1 aliphatic heterocycles. The fraction of sp³-hybridized carbons (Fsp3) is 0.444. The highest BCUT2D eigenvalue weighted by Crippen LogP contribution is 2.45. The molecular formula is C36H41F3N2O5. The van der Waals surface area contributed by atoms with Gasteiger partial charge in [-0.2, -0.15) is 13.2 Å². The summed E-state index contributed by atoms with van der Waals surface area (Å²) in [5.74, 6) is 1.34. The van der Waals surface area contributed by atoms with Crippen LogP contribution >= 0.6 is 0 Å². The first-order chi connectivity index (χ1) is 21.8. The van der Waals surface area contributed by atoms with Gasteiger partial charge in [-0.3, -0.25) is 4.79 Å². The van der Waals surface area contributed by atoms with Gasteiger partial charge in [0.2, 0.25) is 0 Å². The molecule has 2 fully saturated rings. The average Bonchev–Trinajstić information content (AvgIpc) is 3.46. The van der Waals surface area contributed by atoms with Crippen LogP contribution in [0.15, 0.2) is 72.8 Å². The summed E-state index contributed by atoms with van der Waals surface area (Å²) in [6.45, 7) is 10.7. The van der Waals surface area contributed by atoms with Gasteiger partial charge in [-0.1, -0.05) is 45.0 Å². The zero-order valence-electron chi connectivity index (χ0n) is 26.6. The number of carbonyl (C=O) groups excluding carboxylic acids is 2. The van der Waals surface area contributed by atoms with Crippen molar-refractivity contribution in [1.82, 2.24) is 10.2 Å². The molecule has 7 nitrogen and oxygen atoms in total. The van der Waals surface area contributed by atoms with Crippen molar-refractivity contribution >= 4 is 11.9 Å². The first kappa shape index (κ1) is 33.3. The van der Waals surface area contributed by atoms with Gasteiger partial charge in [0.05, 0.1) is 12.2 Å². The van der Waals surface area contributed by atoms with E-state index in [4.69, 9.17) is 14.2 Å². The molecule has 1 N–H and O–H groups in total. The molecule has 0 bridgehead atoms. The molecule has 5 rings (SSSR count). The van der Waals surface area contributed by atoms with Crippen LogP contribution in [0, 0.1) is 11.8 Å². The highest BCUT2D eigenvalue weighted by Gasteiger charge is 2.56. The molecule has 1 saturated carbocycles. The maximum absolute atomic E-state index is 12.8. The summed E-state index contributed by atoms with van der Waals surface area (Å²) >= 11 is 0. The van der Waals surface area contributed by atoms with E-state index in [0.29, 0.717) is 62.0 Å². The number of carbonyl (C=O) groups is 2. The van der Waals surface area contributed by atoms with Gasteiger partial charge in [-0.25, -0.2) is 4.79 Å². The number of fused-ring (bicyclic) bond motifs is 1. The summed E-state index contributed by atoms with van der Waals surface area (Å²) < 4.78 is 55.7. The van der Waals surface area contributed by atoms with Crippen molar-refractivity contribution < 1.29 is 37.0 Å². The molecule has 0 spiro atoms. The van der Waals surface area contributed by atoms with Gasteiger partial charge in [0.1, 0.15) is 18.1 Å². The van der Waals surface area contributed by atoms with E-state index in [9.17, 15) is 22.8 Å². The summed E-state index contributed by atoms with van der Waals surface area (Å²) in [5, 5.41) is 3.49. The van der Waals surface area contributed by atoms with Crippen molar-refractivity contribution in [2.75, 3.05) is 32.8 Å². The molecule has 46 heavy (non-hydrogen) atoms. The Kier molecular flexibility index (Phi) is 9.96. The van der Waals surface area contributed by atoms with Gasteiger partial charge in [0.15, 0.2) is 6.10 Å². The highest BCUT2D eigenvalue weighted by atomic mass is 19.4. The molecule has 1 amide bonds. The van der Waals surface area contributed by atoms with Crippen LogP contribution in [0.5, 0.6) is 11.5 Å². The summed E-state index contributed by atoms with van der Waals surface area (Å²) in [6, 6.07) is 20.0. The van der Waals surface area contributed by atoms with Crippen LogP contribution in [0.3, 0.4) is 0 Å². The molecule has 246 valence electrons. The second-order valence-electron chi connectivity index (χ2n) is 12.9. The number of ether oxygens (including phenoxy) is 3. The molecule has 0 aromatic heterocycles. The Morgan fingerprint density at radius 2 is 1.46 bits per heavy atom. The Balaban J connectivity index is 1.04. The quantitative estimate of drug-likeness (QED) is 0.186. The van der Waals surface area contributed by atoms with Crippen molar-refractivity contribution in [3.63, 3.8) is 0 Å². The number of rotatable bonds is 12. The van der Waals surface area contributed by atoms with E-state index < -0.39 is 23.8 Å². The maximum atomic E-state index is 12.8. The van der Waals surface area contributed by atoms with Crippen LogP contribution in [0.25, 0.3) is 0 Å². The van der Waals surface area contributed by atoms with Crippen molar-refractivity contribution in [2.45, 2.75) is 57.9 Å². The lowest BCUT2D eigenvalue weighted by molar-refractivity contribution is -0.151. The number of likely N-dealkylation sites (tertiary alicyclic amines) is 1. The molecule has 1 aliphatic carbocycles. The number of nitrogens with one attached hydrogen (secondary N) is 1. The number of nitrogens with zero attached hydrogens (tertiary/aromatic N) is 1. The van der Waals surface area contributed by atoms with Gasteiger partial charge in [0.25, 0.3) is 5.91 Å². The molecule has 0 unspecified atom stereocenters. The van der Waals surface area contributed by atoms with Crippen LogP contribution in [-0.2, 0) is 27.5 Å². The zero-order valence-corrected chi connectivity index (χ0v) is 26.6. The SMILES string of the molecule is CCOC(=O)[C@H](Cc1ccc(OCCN[C@H]2[C@@H]3CN(C(=O)c4ccc(C(F)(F)F)cc4)C[C@@H]32)cc1)Oc1ccc(C(C)(C)C)cc1. The van der Waals surface area contributed by atoms with Crippen LogP contribution < -0.4 is 14.8 Å². The minimum atomic E-state index is -4.42. The maximum Gasteiger partial charge on any atom is 0.416 e. The van der Waals surface area contributed by atoms with Crippen LogP contribution in [-0.4, -0.2) is 61.8 Å². The topological polar surface area (TPSA) is 77.1 Å². The molecule has 1 saturated heterocycles. The van der Waals surface area contributed by atoms with Crippen LogP contribution in [0.2, 0.25) is 0 Å². The van der Waals surface area contributed by atoms with E-state index in [1.807, 2.05) is 48.5 Å². The lowest BCUT2D eigenvalue weighted by atomic mass is 9.87. The predicted molar refractivity (Wildman–Crippen MR) is 168 cm³/mol. The van der Waals surface area contributed by atoms with Gasteiger partial charge in [-0.15, -0.1) is 0 Å². The van der Waals surface area contributed by atoms with Crippen LogP contribution in [0.1, 0.15) is 54.7 Å². The number of amides is 1. The van der Waals surface area contributed by atoms with E-state index in [-0.39, 0.29) is 23.5 Å². The Morgan fingerprint density at radius 3 is 2.02 bits per heavy atom. The second-order valence-corrected chi connectivity index (χ2v) is 12.9. The predicted octanol–water partition coefficient (Wildman–Crippen LogP) is 6.30. The van der Waals surface area contributed by atoms with Gasteiger partial charge < -0.3 is 24.4 Å². The van der Waals surface area contributed by atoms with Crippen molar-refractivity contribution in [3.05, 3.63) is 95.1 Å². The Hall–Kier alpha value is -4.05. The van der Waals surface area contributed by atoms with E-state index in [1.165, 1.54) is 17.7 Å². The molecular weight excluding hydrogens is 597 g/mol. The molecule has 3 aromatic rings. The fourth-order valence-electron chi connectivity index (χ4n) is 5.92. The Labute approximate surface area is 268 Å². The Morgan fingerprint density at radius 1 is 0.870 bits per heavy atom. The number of piperidine rings is 1. The van der Waals surface area contributed by atoms with E-state index in [2.05, 4.69) is 26.1 Å². The summed E-state index contributed by atoms with van der Waals surface area (Å²) in [6.07, 6.45) is -4.85. The number of alkyl halides is 3. The van der Waals surface area contributed by atoms with Crippen molar-refractivity contribution in [2.24, 2.45) is 11.8 Å². The van der Waals surface area contributed by atoms with Crippen molar-refractivity contribution in [1.29, 1.82) is 0 Å². The third-order valence-corrected chi connectivity index (χ3v) is 8.58. The highest BCUT2D eigenvalue weighted by molar-refractivity contribution is 5.94. The summed E-state index contributed by atoms with van der Waals surface area (Å²) in [7, 11) is 0. The number of hydrogen-bond donors (Lipinski definition) is 1. The van der Waals surface area contributed by atoms with Gasteiger partial charge in [0, 0.05) is 37.7 Å². The number of halogens is 3. The third kappa shape index (κ3) is 8.20. The zero-order chi connectivity index (χ0) is 33.1. The lowest BCUT2D eigenvalue weighted by Gasteiger charge is -2.21. The van der Waals surface area contributed by atoms with Gasteiger partial charge >= 0.3 is 12.1 Å². The minimum absolute atomic E-state index is 0.0165. The first-order valence-corrected chi connectivity index (χ1v) is 15.7. The molecule has 2 aliphatic rings. The molecule has 10 heteroatoms. The molecule has 4 atom stereocenters. The monoisotopic (exact) mass is 638 g/mol. The summed E-state index contributed by atoms with van der Waals surface area (Å²) in [5.41, 5.74) is 1.62. The number of hydrogen-bond acceptors (Lipinski definition) is 6. The van der Waals surface area contributed by atoms with Crippen molar-refractivity contribution in [3.8, 4) is 11.5 Å². The smallest absolute Gasteiger partial charge is 0.416 e. The average molecular weight is 639 g/mol.